The molecule has 0 atom stereocenters. The lowest BCUT2D eigenvalue weighted by Gasteiger charge is -2.20. The molecule has 0 saturated heterocycles. The zero-order valence-corrected chi connectivity index (χ0v) is 15.7. The van der Waals surface area contributed by atoms with Crippen molar-refractivity contribution in [2.75, 3.05) is 13.2 Å². The highest BCUT2D eigenvalue weighted by molar-refractivity contribution is 5.58. The Morgan fingerprint density at radius 3 is 2.00 bits per heavy atom. The van der Waals surface area contributed by atoms with Crippen LogP contribution in [0.4, 0.5) is 0 Å². The van der Waals surface area contributed by atoms with E-state index in [1.165, 1.54) is 16.7 Å². The number of benzene rings is 2. The van der Waals surface area contributed by atoms with E-state index in [1.807, 2.05) is 6.92 Å². The van der Waals surface area contributed by atoms with Crippen LogP contribution in [-0.2, 0) is 12.8 Å². The molecule has 2 aromatic carbocycles. The van der Waals surface area contributed by atoms with E-state index in [0.717, 1.165) is 24.1 Å². The van der Waals surface area contributed by atoms with Crippen molar-refractivity contribution in [3.63, 3.8) is 0 Å². The Hall–Kier alpha value is -2.47. The first kappa shape index (κ1) is 19.3. The van der Waals surface area contributed by atoms with Gasteiger partial charge in [-0.25, -0.2) is 4.98 Å². The predicted molar refractivity (Wildman–Crippen MR) is 104 cm³/mol. The maximum atomic E-state index is 9.33. The van der Waals surface area contributed by atoms with Gasteiger partial charge in [-0.1, -0.05) is 48.5 Å². The van der Waals surface area contributed by atoms with Crippen LogP contribution in [-0.4, -0.2) is 33.9 Å². The van der Waals surface area contributed by atoms with Crippen LogP contribution in [0.15, 0.2) is 59.2 Å². The molecule has 0 saturated carbocycles. The average molecular weight is 367 g/mol. The fourth-order valence-corrected chi connectivity index (χ4v) is 2.97. The fraction of sp³-hybridized carbons (Fsp3) is 0.318. The molecule has 5 nitrogen and oxygen atoms in total. The summed E-state index contributed by atoms with van der Waals surface area (Å²) in [6, 6.07) is 16.9. The summed E-state index contributed by atoms with van der Waals surface area (Å²) < 4.78 is 5.27. The van der Waals surface area contributed by atoms with Crippen LogP contribution in [0.2, 0.25) is 0 Å². The van der Waals surface area contributed by atoms with E-state index in [-0.39, 0.29) is 13.2 Å². The average Bonchev–Trinajstić information content (AvgIpc) is 3.14. The van der Waals surface area contributed by atoms with Gasteiger partial charge in [-0.3, -0.25) is 0 Å². The maximum absolute atomic E-state index is 9.33. The van der Waals surface area contributed by atoms with Crippen LogP contribution in [0.25, 0.3) is 11.3 Å². The molecule has 1 heterocycles. The quantitative estimate of drug-likeness (QED) is 0.568. The van der Waals surface area contributed by atoms with Gasteiger partial charge in [0.25, 0.3) is 0 Å². The van der Waals surface area contributed by atoms with Crippen molar-refractivity contribution >= 4 is 0 Å². The maximum Gasteiger partial charge on any atom is 0.191 e. The van der Waals surface area contributed by atoms with Gasteiger partial charge in [0, 0.05) is 18.9 Å². The number of hydrogen-bond acceptors (Lipinski definition) is 4. The Kier molecular flexibility index (Phi) is 6.06. The summed E-state index contributed by atoms with van der Waals surface area (Å²) in [5.41, 5.74) is 8.83. The highest BCUT2D eigenvalue weighted by Crippen LogP contribution is 2.20. The van der Waals surface area contributed by atoms with Gasteiger partial charge >= 0.3 is 0 Å². The third kappa shape index (κ3) is 5.04. The normalized spacial score (nSPS) is 11.7. The zero-order chi connectivity index (χ0) is 19.3. The topological polar surface area (TPSA) is 94.1 Å². The second kappa shape index (κ2) is 8.48. The molecule has 27 heavy (non-hydrogen) atoms. The number of hydrogen-bond donors (Lipinski definition) is 3. The number of aryl methyl sites for hydroxylation is 2. The van der Waals surface area contributed by atoms with Gasteiger partial charge in [-0.05, 0) is 29.5 Å². The molecular formula is C22H27N2O3+. The van der Waals surface area contributed by atoms with Gasteiger partial charge in [-0.2, -0.15) is 0 Å². The molecule has 5 heteroatoms. The third-order valence-electron chi connectivity index (χ3n) is 4.91. The summed E-state index contributed by atoms with van der Waals surface area (Å²) in [6.45, 7) is 1.63. The summed E-state index contributed by atoms with van der Waals surface area (Å²) in [5, 5.41) is 18.7. The number of aromatic nitrogens is 1. The number of nitrogens with zero attached hydrogens (tertiary/aromatic N) is 1. The summed E-state index contributed by atoms with van der Waals surface area (Å²) in [7, 11) is 0. The molecular weight excluding hydrogens is 340 g/mol. The molecule has 0 aliphatic heterocycles. The molecule has 0 aliphatic rings. The molecule has 0 radical (unpaired) electrons. The number of aliphatic hydroxyl groups excluding tert-OH is 2. The molecule has 0 fully saturated rings. The monoisotopic (exact) mass is 367 g/mol. The van der Waals surface area contributed by atoms with Crippen LogP contribution in [0.3, 0.4) is 0 Å². The lowest BCUT2D eigenvalue weighted by atomic mass is 9.93. The minimum absolute atomic E-state index is 0.106. The van der Waals surface area contributed by atoms with Crippen molar-refractivity contribution in [3.8, 4) is 11.3 Å². The van der Waals surface area contributed by atoms with Gasteiger partial charge in [0.15, 0.2) is 5.89 Å². The Balaban J connectivity index is 1.59. The largest absolute Gasteiger partial charge is 0.449 e. The predicted octanol–water partition coefficient (Wildman–Crippen LogP) is 2.14. The van der Waals surface area contributed by atoms with Crippen molar-refractivity contribution in [2.45, 2.75) is 31.7 Å². The summed E-state index contributed by atoms with van der Waals surface area (Å²) in [6.07, 6.45) is 3.99. The fourth-order valence-electron chi connectivity index (χ4n) is 2.97. The van der Waals surface area contributed by atoms with Gasteiger partial charge < -0.3 is 20.4 Å². The van der Waals surface area contributed by atoms with E-state index in [2.05, 4.69) is 59.2 Å². The van der Waals surface area contributed by atoms with E-state index >= 15 is 0 Å². The summed E-state index contributed by atoms with van der Waals surface area (Å²) in [5.74, 6) is 0.670. The second-order valence-corrected chi connectivity index (χ2v) is 7.26. The Bertz CT molecular complexity index is 850. The molecule has 0 spiro atoms. The SMILES string of the molecule is Cc1nc(-c2ccc(Cc3ccc(CCC([NH3+])(CO)CO)cc3)cc2)co1. The number of quaternary nitrogens is 1. The number of aliphatic hydroxyl groups is 2. The smallest absolute Gasteiger partial charge is 0.191 e. The summed E-state index contributed by atoms with van der Waals surface area (Å²) >= 11 is 0. The minimum atomic E-state index is -0.664. The molecule has 0 amide bonds. The van der Waals surface area contributed by atoms with Crippen molar-refractivity contribution < 1.29 is 20.4 Å². The van der Waals surface area contributed by atoms with Crippen LogP contribution < -0.4 is 5.73 Å². The third-order valence-corrected chi connectivity index (χ3v) is 4.91. The lowest BCUT2D eigenvalue weighted by molar-refractivity contribution is -0.491. The highest BCUT2D eigenvalue weighted by Gasteiger charge is 2.26. The van der Waals surface area contributed by atoms with Gasteiger partial charge in [-0.15, -0.1) is 0 Å². The second-order valence-electron chi connectivity index (χ2n) is 7.26. The zero-order valence-electron chi connectivity index (χ0n) is 15.7. The Morgan fingerprint density at radius 2 is 1.48 bits per heavy atom. The number of oxazole rings is 1. The Labute approximate surface area is 159 Å². The minimum Gasteiger partial charge on any atom is -0.449 e. The molecule has 0 bridgehead atoms. The van der Waals surface area contributed by atoms with Crippen LogP contribution in [0.5, 0.6) is 0 Å². The van der Waals surface area contributed by atoms with E-state index < -0.39 is 5.54 Å². The van der Waals surface area contributed by atoms with E-state index in [9.17, 15) is 10.2 Å². The van der Waals surface area contributed by atoms with Crippen molar-refractivity contribution in [2.24, 2.45) is 0 Å². The van der Waals surface area contributed by atoms with Gasteiger partial charge in [0.05, 0.1) is 0 Å². The number of rotatable bonds is 8. The molecule has 1 aromatic heterocycles. The first-order valence-electron chi connectivity index (χ1n) is 9.18. The van der Waals surface area contributed by atoms with Crippen LogP contribution in [0.1, 0.15) is 29.0 Å². The summed E-state index contributed by atoms with van der Waals surface area (Å²) in [4.78, 5) is 4.35. The van der Waals surface area contributed by atoms with Crippen LogP contribution >= 0.6 is 0 Å². The first-order chi connectivity index (χ1) is 13.0. The van der Waals surface area contributed by atoms with E-state index in [4.69, 9.17) is 4.42 Å². The van der Waals surface area contributed by atoms with Crippen LogP contribution in [0, 0.1) is 6.92 Å². The van der Waals surface area contributed by atoms with E-state index in [1.54, 1.807) is 6.26 Å². The molecule has 3 aromatic rings. The standard InChI is InChI=1S/C22H26N2O3/c1-16-24-21(13-27-16)20-8-6-19(7-9-20)12-18-4-2-17(3-5-18)10-11-22(23,14-25)15-26/h2-9,13,25-26H,10-12,14-15,23H2,1H3/p+1. The molecule has 0 unspecified atom stereocenters. The van der Waals surface area contributed by atoms with E-state index in [0.29, 0.717) is 12.3 Å². The molecule has 0 aliphatic carbocycles. The van der Waals surface area contributed by atoms with Gasteiger partial charge in [0.1, 0.15) is 30.7 Å². The Morgan fingerprint density at radius 1 is 0.926 bits per heavy atom. The lowest BCUT2D eigenvalue weighted by Crippen LogP contribution is -2.76. The molecule has 142 valence electrons. The highest BCUT2D eigenvalue weighted by atomic mass is 16.3. The van der Waals surface area contributed by atoms with Gasteiger partial charge in [0.2, 0.25) is 0 Å². The van der Waals surface area contributed by atoms with Crippen molar-refractivity contribution in [3.05, 3.63) is 77.4 Å². The first-order valence-corrected chi connectivity index (χ1v) is 9.18. The molecule has 3 rings (SSSR count). The van der Waals surface area contributed by atoms with Crippen molar-refractivity contribution in [1.29, 1.82) is 0 Å². The molecule has 5 N–H and O–H groups in total. The van der Waals surface area contributed by atoms with Crippen molar-refractivity contribution in [1.82, 2.24) is 4.98 Å².